The highest BCUT2D eigenvalue weighted by Gasteiger charge is 2.39. The third-order valence-corrected chi connectivity index (χ3v) is 4.05. The zero-order valence-corrected chi connectivity index (χ0v) is 13.2. The van der Waals surface area contributed by atoms with Crippen molar-refractivity contribution in [1.82, 2.24) is 0 Å². The number of oxime groups is 1. The topological polar surface area (TPSA) is 87.7 Å². The molecule has 5 heteroatoms. The van der Waals surface area contributed by atoms with E-state index in [1.165, 1.54) is 0 Å². The molecular weight excluding hydrogens is 266 g/mol. The number of carbonyl (C=O) groups is 1. The van der Waals surface area contributed by atoms with Crippen molar-refractivity contribution in [2.45, 2.75) is 46.5 Å². The van der Waals surface area contributed by atoms with E-state index in [0.29, 0.717) is 18.8 Å². The Hall–Kier alpha value is -2.04. The van der Waals surface area contributed by atoms with Crippen LogP contribution in [0.1, 0.15) is 52.0 Å². The van der Waals surface area contributed by atoms with E-state index in [9.17, 15) is 4.79 Å². The summed E-state index contributed by atoms with van der Waals surface area (Å²) >= 11 is 0. The van der Waals surface area contributed by atoms with Crippen molar-refractivity contribution in [3.63, 3.8) is 0 Å². The first-order valence-electron chi connectivity index (χ1n) is 7.30. The van der Waals surface area contributed by atoms with Gasteiger partial charge in [0.2, 0.25) is 5.91 Å². The van der Waals surface area contributed by atoms with E-state index in [0.717, 1.165) is 11.3 Å². The van der Waals surface area contributed by atoms with Crippen LogP contribution in [0, 0.1) is 5.41 Å². The van der Waals surface area contributed by atoms with Crippen LogP contribution in [-0.4, -0.2) is 17.0 Å². The first-order valence-corrected chi connectivity index (χ1v) is 7.30. The average molecular weight is 291 g/mol. The molecule has 5 nitrogen and oxygen atoms in total. The number of amidine groups is 1. The third-order valence-electron chi connectivity index (χ3n) is 4.05. The van der Waals surface area contributed by atoms with Gasteiger partial charge in [-0.05, 0) is 36.5 Å². The molecule has 1 aromatic rings. The largest absolute Gasteiger partial charge is 0.409 e. The van der Waals surface area contributed by atoms with E-state index in [1.807, 2.05) is 38.1 Å². The van der Waals surface area contributed by atoms with Gasteiger partial charge < -0.3 is 16.3 Å². The number of benzene rings is 1. The Morgan fingerprint density at radius 1 is 1.38 bits per heavy atom. The number of rotatable bonds is 6. The molecule has 4 N–H and O–H groups in total. The molecule has 0 spiro atoms. The van der Waals surface area contributed by atoms with E-state index in [2.05, 4.69) is 24.3 Å². The highest BCUT2D eigenvalue weighted by Crippen LogP contribution is 2.29. The number of anilines is 1. The zero-order valence-electron chi connectivity index (χ0n) is 13.2. The Bertz CT molecular complexity index is 520. The number of hydrogen-bond acceptors (Lipinski definition) is 3. The molecule has 0 saturated carbocycles. The van der Waals surface area contributed by atoms with Crippen molar-refractivity contribution in [2.24, 2.45) is 16.3 Å². The van der Waals surface area contributed by atoms with Gasteiger partial charge in [0.25, 0.3) is 0 Å². The van der Waals surface area contributed by atoms with Crippen molar-refractivity contribution in [1.29, 1.82) is 0 Å². The number of carbonyl (C=O) groups excluding carboxylic acids is 1. The Morgan fingerprint density at radius 3 is 2.48 bits per heavy atom. The Labute approximate surface area is 126 Å². The monoisotopic (exact) mass is 291 g/mol. The van der Waals surface area contributed by atoms with Gasteiger partial charge in [-0.2, -0.15) is 0 Å². The van der Waals surface area contributed by atoms with Crippen molar-refractivity contribution in [2.75, 3.05) is 5.32 Å². The van der Waals surface area contributed by atoms with Crippen LogP contribution < -0.4 is 11.1 Å². The van der Waals surface area contributed by atoms with Crippen LogP contribution in [0.4, 0.5) is 5.69 Å². The van der Waals surface area contributed by atoms with Crippen LogP contribution in [0.3, 0.4) is 0 Å². The maximum Gasteiger partial charge on any atom is 0.238 e. The maximum atomic E-state index is 12.6. The molecule has 116 valence electrons. The van der Waals surface area contributed by atoms with E-state index >= 15 is 0 Å². The first-order chi connectivity index (χ1) is 9.91. The Kier molecular flexibility index (Phi) is 5.76. The van der Waals surface area contributed by atoms with Crippen molar-refractivity contribution in [3.05, 3.63) is 29.8 Å². The first kappa shape index (κ1) is 17.0. The minimum Gasteiger partial charge on any atom is -0.409 e. The molecule has 0 heterocycles. The molecule has 0 aliphatic carbocycles. The van der Waals surface area contributed by atoms with E-state index < -0.39 is 5.41 Å². The van der Waals surface area contributed by atoms with Crippen LogP contribution in [0.25, 0.3) is 0 Å². The lowest BCUT2D eigenvalue weighted by Crippen LogP contribution is -2.46. The van der Waals surface area contributed by atoms with Gasteiger partial charge in [-0.15, -0.1) is 0 Å². The molecule has 0 aromatic heterocycles. The molecule has 0 aliphatic heterocycles. The highest BCUT2D eigenvalue weighted by molar-refractivity contribution is 6.11. The van der Waals surface area contributed by atoms with E-state index in [-0.39, 0.29) is 11.7 Å². The lowest BCUT2D eigenvalue weighted by molar-refractivity contribution is -0.122. The number of nitrogens with two attached hydrogens (primary N) is 1. The predicted octanol–water partition coefficient (Wildman–Crippen LogP) is 3.30. The summed E-state index contributed by atoms with van der Waals surface area (Å²) in [5.74, 6) is 0.0850. The lowest BCUT2D eigenvalue weighted by atomic mass is 9.80. The molecule has 0 atom stereocenters. The summed E-state index contributed by atoms with van der Waals surface area (Å²) < 4.78 is 0. The highest BCUT2D eigenvalue weighted by atomic mass is 16.4. The molecule has 0 fully saturated rings. The molecule has 21 heavy (non-hydrogen) atoms. The number of amides is 1. The molecule has 0 bridgehead atoms. The van der Waals surface area contributed by atoms with Crippen LogP contribution in [0.2, 0.25) is 0 Å². The molecule has 0 saturated heterocycles. The van der Waals surface area contributed by atoms with E-state index in [4.69, 9.17) is 10.9 Å². The van der Waals surface area contributed by atoms with Crippen LogP contribution in [0.15, 0.2) is 29.4 Å². The van der Waals surface area contributed by atoms with Gasteiger partial charge in [-0.3, -0.25) is 4.79 Å². The zero-order chi connectivity index (χ0) is 16.0. The van der Waals surface area contributed by atoms with E-state index in [1.54, 1.807) is 0 Å². The fourth-order valence-corrected chi connectivity index (χ4v) is 2.37. The second kappa shape index (κ2) is 7.11. The molecular formula is C16H25N3O2. The summed E-state index contributed by atoms with van der Waals surface area (Å²) in [6.45, 7) is 7.90. The third kappa shape index (κ3) is 3.54. The molecule has 0 unspecified atom stereocenters. The van der Waals surface area contributed by atoms with Gasteiger partial charge in [0, 0.05) is 5.69 Å². The molecule has 1 rings (SSSR count). The van der Waals surface area contributed by atoms with Crippen molar-refractivity contribution in [3.8, 4) is 0 Å². The van der Waals surface area contributed by atoms with Gasteiger partial charge >= 0.3 is 0 Å². The molecule has 1 amide bonds. The molecule has 0 aliphatic rings. The molecule has 1 aromatic carbocycles. The summed E-state index contributed by atoms with van der Waals surface area (Å²) in [5.41, 5.74) is 6.64. The Morgan fingerprint density at radius 2 is 2.00 bits per heavy atom. The minimum atomic E-state index is -0.984. The predicted molar refractivity (Wildman–Crippen MR) is 85.6 cm³/mol. The average Bonchev–Trinajstić information content (AvgIpc) is 2.48. The summed E-state index contributed by atoms with van der Waals surface area (Å²) in [6, 6.07) is 7.72. The second-order valence-corrected chi connectivity index (χ2v) is 5.51. The van der Waals surface area contributed by atoms with Crippen LogP contribution in [-0.2, 0) is 4.79 Å². The fourth-order valence-electron chi connectivity index (χ4n) is 2.37. The molecule has 0 radical (unpaired) electrons. The van der Waals surface area contributed by atoms with Crippen LogP contribution in [0.5, 0.6) is 0 Å². The number of nitrogens with one attached hydrogen (secondary N) is 1. The summed E-state index contributed by atoms with van der Waals surface area (Å²) in [6.07, 6.45) is 0.935. The van der Waals surface area contributed by atoms with Gasteiger partial charge in [0.05, 0.1) is 0 Å². The van der Waals surface area contributed by atoms with Gasteiger partial charge in [0.1, 0.15) is 5.41 Å². The minimum absolute atomic E-state index is 0.0509. The van der Waals surface area contributed by atoms with Crippen molar-refractivity contribution >= 4 is 17.4 Å². The quantitative estimate of drug-likeness (QED) is 0.325. The normalized spacial score (nSPS) is 12.5. The smallest absolute Gasteiger partial charge is 0.238 e. The van der Waals surface area contributed by atoms with Gasteiger partial charge in [-0.25, -0.2) is 0 Å². The number of nitrogens with zero attached hydrogens (tertiary/aromatic N) is 1. The van der Waals surface area contributed by atoms with Gasteiger partial charge in [-0.1, -0.05) is 45.0 Å². The number of hydrogen-bond donors (Lipinski definition) is 3. The van der Waals surface area contributed by atoms with Gasteiger partial charge in [0.15, 0.2) is 5.84 Å². The summed E-state index contributed by atoms with van der Waals surface area (Å²) in [5, 5.41) is 14.9. The van der Waals surface area contributed by atoms with Crippen LogP contribution >= 0.6 is 0 Å². The summed E-state index contributed by atoms with van der Waals surface area (Å²) in [4.78, 5) is 12.6. The van der Waals surface area contributed by atoms with Crippen molar-refractivity contribution < 1.29 is 10.0 Å². The maximum absolute atomic E-state index is 12.6. The SMILES string of the molecule is CCC(CC)(C(=O)Nc1cccc(C(C)C)c1)C(N)=NO. The fraction of sp³-hybridized carbons (Fsp3) is 0.500. The Balaban J connectivity index is 3.05. The second-order valence-electron chi connectivity index (χ2n) is 5.51. The standard InChI is InChI=1S/C16H25N3O2/c1-5-16(6-2,14(17)19-21)15(20)18-13-9-7-8-12(10-13)11(3)4/h7-11,21H,5-6H2,1-4H3,(H2,17,19)(H,18,20). The summed E-state index contributed by atoms with van der Waals surface area (Å²) in [7, 11) is 0. The lowest BCUT2D eigenvalue weighted by Gasteiger charge is -2.28.